The van der Waals surface area contributed by atoms with E-state index in [1.807, 2.05) is 42.5 Å². The van der Waals surface area contributed by atoms with Crippen LogP contribution in [0.5, 0.6) is 0 Å². The Hall–Kier alpha value is -2.92. The van der Waals surface area contributed by atoms with Crippen LogP contribution in [0.4, 0.5) is 5.00 Å². The molecule has 0 saturated heterocycles. The Kier molecular flexibility index (Phi) is 5.76. The van der Waals surface area contributed by atoms with Gasteiger partial charge in [0.25, 0.3) is 5.91 Å². The average Bonchev–Trinajstić information content (AvgIpc) is 3.30. The molecule has 0 spiro atoms. The van der Waals surface area contributed by atoms with Gasteiger partial charge >= 0.3 is 5.97 Å². The highest BCUT2D eigenvalue weighted by atomic mass is 32.1. The highest BCUT2D eigenvalue weighted by Crippen LogP contribution is 2.39. The Morgan fingerprint density at radius 1 is 1.00 bits per heavy atom. The van der Waals surface area contributed by atoms with E-state index in [1.54, 1.807) is 6.92 Å². The average molecular weight is 406 g/mol. The lowest BCUT2D eigenvalue weighted by atomic mass is 10.0. The first-order valence-electron chi connectivity index (χ1n) is 9.91. The summed E-state index contributed by atoms with van der Waals surface area (Å²) in [6, 6.07) is 17.8. The number of carbonyl (C=O) groups excluding carboxylic acids is 2. The van der Waals surface area contributed by atoms with E-state index in [4.69, 9.17) is 4.74 Å². The van der Waals surface area contributed by atoms with Gasteiger partial charge in [0.2, 0.25) is 0 Å². The molecule has 0 fully saturated rings. The molecule has 0 aliphatic heterocycles. The van der Waals surface area contributed by atoms with Crippen molar-refractivity contribution in [2.45, 2.75) is 32.6 Å². The zero-order valence-corrected chi connectivity index (χ0v) is 17.2. The second kappa shape index (κ2) is 8.62. The maximum Gasteiger partial charge on any atom is 0.341 e. The molecule has 0 atom stereocenters. The predicted molar refractivity (Wildman–Crippen MR) is 116 cm³/mol. The number of benzene rings is 2. The first-order chi connectivity index (χ1) is 14.2. The van der Waals surface area contributed by atoms with E-state index >= 15 is 0 Å². The van der Waals surface area contributed by atoms with Crippen molar-refractivity contribution in [2.24, 2.45) is 0 Å². The van der Waals surface area contributed by atoms with E-state index < -0.39 is 0 Å². The summed E-state index contributed by atoms with van der Waals surface area (Å²) in [4.78, 5) is 26.4. The van der Waals surface area contributed by atoms with E-state index in [9.17, 15) is 9.59 Å². The molecule has 148 valence electrons. The van der Waals surface area contributed by atoms with Gasteiger partial charge in [0, 0.05) is 10.4 Å². The van der Waals surface area contributed by atoms with Gasteiger partial charge in [0.15, 0.2) is 0 Å². The molecule has 1 aromatic heterocycles. The number of rotatable bonds is 6. The molecule has 1 heterocycles. The molecular formula is C24H23NO3S. The molecule has 0 bridgehead atoms. The molecule has 2 aromatic carbocycles. The Balaban J connectivity index is 1.50. The molecule has 1 aliphatic rings. The third-order valence-corrected chi connectivity index (χ3v) is 6.30. The molecule has 3 aromatic rings. The molecule has 29 heavy (non-hydrogen) atoms. The van der Waals surface area contributed by atoms with Gasteiger partial charge in [-0.25, -0.2) is 4.79 Å². The lowest BCUT2D eigenvalue weighted by Crippen LogP contribution is -2.15. The first-order valence-corrected chi connectivity index (χ1v) is 10.7. The van der Waals surface area contributed by atoms with Crippen LogP contribution in [0.3, 0.4) is 0 Å². The van der Waals surface area contributed by atoms with Crippen molar-refractivity contribution in [3.05, 3.63) is 87.3 Å². The van der Waals surface area contributed by atoms with Gasteiger partial charge in [0.1, 0.15) is 5.00 Å². The van der Waals surface area contributed by atoms with Crippen LogP contribution in [0.15, 0.2) is 54.6 Å². The van der Waals surface area contributed by atoms with Crippen LogP contribution in [0, 0.1) is 0 Å². The number of hydrogen-bond acceptors (Lipinski definition) is 4. The van der Waals surface area contributed by atoms with Crippen molar-refractivity contribution in [3.8, 4) is 0 Å². The van der Waals surface area contributed by atoms with Gasteiger partial charge in [-0.3, -0.25) is 4.79 Å². The highest BCUT2D eigenvalue weighted by molar-refractivity contribution is 7.17. The summed E-state index contributed by atoms with van der Waals surface area (Å²) >= 11 is 1.50. The van der Waals surface area contributed by atoms with Crippen LogP contribution in [-0.2, 0) is 24.0 Å². The fourth-order valence-corrected chi connectivity index (χ4v) is 4.96. The number of ether oxygens (including phenoxy) is 1. The maximum absolute atomic E-state index is 12.8. The van der Waals surface area contributed by atoms with Crippen molar-refractivity contribution in [1.29, 1.82) is 0 Å². The Bertz CT molecular complexity index is 1020. The minimum absolute atomic E-state index is 0.207. The summed E-state index contributed by atoms with van der Waals surface area (Å²) in [7, 11) is 0. The van der Waals surface area contributed by atoms with Crippen LogP contribution >= 0.6 is 11.3 Å². The number of carbonyl (C=O) groups is 2. The SMILES string of the molecule is CCOC(=O)c1c(NC(=O)c2ccc(Cc3ccccc3)cc2)sc2c1CCC2. The van der Waals surface area contributed by atoms with Gasteiger partial charge in [-0.15, -0.1) is 11.3 Å². The van der Waals surface area contributed by atoms with Crippen molar-refractivity contribution >= 4 is 28.2 Å². The van der Waals surface area contributed by atoms with Gasteiger partial charge in [-0.2, -0.15) is 0 Å². The number of amides is 1. The van der Waals surface area contributed by atoms with Crippen LogP contribution in [0.1, 0.15) is 55.6 Å². The largest absolute Gasteiger partial charge is 0.462 e. The van der Waals surface area contributed by atoms with Crippen molar-refractivity contribution < 1.29 is 14.3 Å². The Labute approximate surface area is 174 Å². The molecule has 1 N–H and O–H groups in total. The molecule has 4 nitrogen and oxygen atoms in total. The van der Waals surface area contributed by atoms with Gasteiger partial charge < -0.3 is 10.1 Å². The Morgan fingerprint density at radius 3 is 2.45 bits per heavy atom. The predicted octanol–water partition coefficient (Wildman–Crippen LogP) is 5.26. The number of esters is 1. The third kappa shape index (κ3) is 4.25. The number of aryl methyl sites for hydroxylation is 1. The van der Waals surface area contributed by atoms with Gasteiger partial charge in [-0.1, -0.05) is 42.5 Å². The zero-order valence-electron chi connectivity index (χ0n) is 16.4. The number of nitrogens with one attached hydrogen (secondary N) is 1. The third-order valence-electron chi connectivity index (χ3n) is 5.10. The number of hydrogen-bond donors (Lipinski definition) is 1. The number of anilines is 1. The Morgan fingerprint density at radius 2 is 1.72 bits per heavy atom. The molecule has 0 unspecified atom stereocenters. The quantitative estimate of drug-likeness (QED) is 0.570. The van der Waals surface area contributed by atoms with E-state index in [2.05, 4.69) is 17.4 Å². The minimum Gasteiger partial charge on any atom is -0.462 e. The smallest absolute Gasteiger partial charge is 0.341 e. The van der Waals surface area contributed by atoms with Crippen LogP contribution in [-0.4, -0.2) is 18.5 Å². The summed E-state index contributed by atoms with van der Waals surface area (Å²) in [5, 5.41) is 3.55. The molecule has 5 heteroatoms. The molecule has 0 saturated carbocycles. The second-order valence-electron chi connectivity index (χ2n) is 7.10. The lowest BCUT2D eigenvalue weighted by Gasteiger charge is -2.09. The molecular weight excluding hydrogens is 382 g/mol. The van der Waals surface area contributed by atoms with Gasteiger partial charge in [-0.05, 0) is 61.4 Å². The van der Waals surface area contributed by atoms with Crippen molar-refractivity contribution in [3.63, 3.8) is 0 Å². The molecule has 1 aliphatic carbocycles. The number of fused-ring (bicyclic) bond motifs is 1. The number of thiophene rings is 1. The fourth-order valence-electron chi connectivity index (χ4n) is 3.69. The maximum atomic E-state index is 12.8. The standard InChI is InChI=1S/C24H23NO3S/c1-2-28-24(27)21-19-9-6-10-20(19)29-23(21)25-22(26)18-13-11-17(12-14-18)15-16-7-4-3-5-8-16/h3-5,7-8,11-14H,2,6,9-10,15H2,1H3,(H,25,26). The normalized spacial score (nSPS) is 12.4. The molecule has 0 radical (unpaired) electrons. The molecule has 4 rings (SSSR count). The van der Waals surface area contributed by atoms with E-state index in [-0.39, 0.29) is 11.9 Å². The van der Waals surface area contributed by atoms with Crippen LogP contribution in [0.2, 0.25) is 0 Å². The topological polar surface area (TPSA) is 55.4 Å². The van der Waals surface area contributed by atoms with Crippen LogP contribution in [0.25, 0.3) is 0 Å². The lowest BCUT2D eigenvalue weighted by molar-refractivity contribution is 0.0527. The minimum atomic E-state index is -0.347. The van der Waals surface area contributed by atoms with E-state index in [0.29, 0.717) is 22.7 Å². The summed E-state index contributed by atoms with van der Waals surface area (Å²) in [5.74, 6) is -0.554. The first kappa shape index (κ1) is 19.4. The van der Waals surface area contributed by atoms with Crippen LogP contribution < -0.4 is 5.32 Å². The molecule has 1 amide bonds. The zero-order chi connectivity index (χ0) is 20.2. The highest BCUT2D eigenvalue weighted by Gasteiger charge is 2.28. The van der Waals surface area contributed by atoms with E-state index in [0.717, 1.165) is 36.8 Å². The van der Waals surface area contributed by atoms with E-state index in [1.165, 1.54) is 21.8 Å². The van der Waals surface area contributed by atoms with Crippen molar-refractivity contribution in [2.75, 3.05) is 11.9 Å². The summed E-state index contributed by atoms with van der Waals surface area (Å²) in [6.07, 6.45) is 3.69. The van der Waals surface area contributed by atoms with Gasteiger partial charge in [0.05, 0.1) is 12.2 Å². The fraction of sp³-hybridized carbons (Fsp3) is 0.250. The second-order valence-corrected chi connectivity index (χ2v) is 8.20. The summed E-state index contributed by atoms with van der Waals surface area (Å²) < 4.78 is 5.23. The van der Waals surface area contributed by atoms with Crippen molar-refractivity contribution in [1.82, 2.24) is 0 Å². The summed E-state index contributed by atoms with van der Waals surface area (Å²) in [5.41, 5.74) is 4.54. The summed E-state index contributed by atoms with van der Waals surface area (Å²) in [6.45, 7) is 2.11. The monoisotopic (exact) mass is 405 g/mol.